The van der Waals surface area contributed by atoms with Gasteiger partial charge in [-0.2, -0.15) is 10.4 Å². The van der Waals surface area contributed by atoms with Gasteiger partial charge in [0.15, 0.2) is 0 Å². The molecule has 2 N–H and O–H groups in total. The van der Waals surface area contributed by atoms with E-state index in [1.165, 1.54) is 0 Å². The van der Waals surface area contributed by atoms with Crippen LogP contribution in [0.25, 0.3) is 22.3 Å². The van der Waals surface area contributed by atoms with E-state index < -0.39 is 0 Å². The molecule has 1 saturated heterocycles. The summed E-state index contributed by atoms with van der Waals surface area (Å²) in [5.74, 6) is 0.381. The van der Waals surface area contributed by atoms with Gasteiger partial charge in [-0.3, -0.25) is 4.68 Å². The second-order valence-electron chi connectivity index (χ2n) is 8.35. The average molecular weight is 374 g/mol. The number of aromatic nitrogens is 5. The summed E-state index contributed by atoms with van der Waals surface area (Å²) in [6.07, 6.45) is 10.9. The van der Waals surface area contributed by atoms with Gasteiger partial charge in [0.25, 0.3) is 0 Å². The van der Waals surface area contributed by atoms with E-state index in [-0.39, 0.29) is 11.0 Å². The lowest BCUT2D eigenvalue weighted by molar-refractivity contribution is 0.222. The van der Waals surface area contributed by atoms with Crippen LogP contribution in [0.15, 0.2) is 31.0 Å². The standard InChI is InChI=1S/C20H22N8/c1-27-9-15-6-20(3-4-21,10-19(15,11-22)12-27)28-8-14(7-26-28)17-16-2-5-23-18(16)25-13-24-17/h2,5,7-8,11,13,15,22H,3,6,9-10,12H2,1H3,(H,23,24,25)/t15-,19-,20-/m1/s1. The molecule has 5 rings (SSSR count). The summed E-state index contributed by atoms with van der Waals surface area (Å²) in [6.45, 7) is 1.84. The first kappa shape index (κ1) is 17.1. The molecule has 2 aliphatic rings. The minimum atomic E-state index is -0.374. The SMILES string of the molecule is CN1C[C@H]2C[C@@](CC#N)(n3cc(-c4ncnc5[nH]ccc45)cn3)C[C@@]2(C=N)C1. The summed E-state index contributed by atoms with van der Waals surface area (Å²) in [6, 6.07) is 4.35. The topological polar surface area (TPSA) is 110 Å². The van der Waals surface area contributed by atoms with Crippen molar-refractivity contribution in [3.63, 3.8) is 0 Å². The van der Waals surface area contributed by atoms with Crippen LogP contribution >= 0.6 is 0 Å². The molecule has 4 heterocycles. The average Bonchev–Trinajstić information content (AvgIpc) is 3.43. The van der Waals surface area contributed by atoms with Crippen molar-refractivity contribution in [3.05, 3.63) is 31.0 Å². The Balaban J connectivity index is 1.56. The number of nitriles is 1. The zero-order chi connectivity index (χ0) is 19.4. The molecule has 1 saturated carbocycles. The number of nitrogens with one attached hydrogen (secondary N) is 2. The van der Waals surface area contributed by atoms with Gasteiger partial charge in [0, 0.05) is 48.1 Å². The quantitative estimate of drug-likeness (QED) is 0.682. The lowest BCUT2D eigenvalue weighted by Crippen LogP contribution is -2.36. The summed E-state index contributed by atoms with van der Waals surface area (Å²) in [7, 11) is 2.11. The molecule has 0 aromatic carbocycles. The van der Waals surface area contributed by atoms with Crippen molar-refractivity contribution in [2.75, 3.05) is 20.1 Å². The second kappa shape index (κ2) is 5.97. The lowest BCUT2D eigenvalue weighted by Gasteiger charge is -2.31. The highest BCUT2D eigenvalue weighted by Gasteiger charge is 2.58. The predicted octanol–water partition coefficient (Wildman–Crippen LogP) is 2.42. The maximum Gasteiger partial charge on any atom is 0.141 e. The van der Waals surface area contributed by atoms with Crippen LogP contribution in [0, 0.1) is 28.1 Å². The maximum absolute atomic E-state index is 9.58. The van der Waals surface area contributed by atoms with Crippen LogP contribution in [0.4, 0.5) is 0 Å². The molecule has 28 heavy (non-hydrogen) atoms. The first-order valence-electron chi connectivity index (χ1n) is 9.50. The lowest BCUT2D eigenvalue weighted by atomic mass is 9.81. The van der Waals surface area contributed by atoms with Crippen molar-refractivity contribution in [3.8, 4) is 17.3 Å². The van der Waals surface area contributed by atoms with E-state index in [9.17, 15) is 5.26 Å². The first-order valence-corrected chi connectivity index (χ1v) is 9.50. The molecule has 0 radical (unpaired) electrons. The molecule has 3 atom stereocenters. The number of fused-ring (bicyclic) bond motifs is 2. The van der Waals surface area contributed by atoms with E-state index in [0.717, 1.165) is 48.2 Å². The molecule has 0 spiro atoms. The van der Waals surface area contributed by atoms with Gasteiger partial charge >= 0.3 is 0 Å². The largest absolute Gasteiger partial charge is 0.346 e. The summed E-state index contributed by atoms with van der Waals surface area (Å²) < 4.78 is 1.97. The van der Waals surface area contributed by atoms with E-state index in [1.54, 1.807) is 12.5 Å². The molecule has 1 aliphatic carbocycles. The summed E-state index contributed by atoms with van der Waals surface area (Å²) in [5.41, 5.74) is 2.01. The summed E-state index contributed by atoms with van der Waals surface area (Å²) >= 11 is 0. The normalized spacial score (nSPS) is 29.8. The highest BCUT2D eigenvalue weighted by molar-refractivity contribution is 5.90. The van der Waals surface area contributed by atoms with Crippen LogP contribution in [0.5, 0.6) is 0 Å². The van der Waals surface area contributed by atoms with E-state index >= 15 is 0 Å². The fraction of sp³-hybridized carbons (Fsp3) is 0.450. The summed E-state index contributed by atoms with van der Waals surface area (Å²) in [4.78, 5) is 14.1. The van der Waals surface area contributed by atoms with Gasteiger partial charge in [-0.1, -0.05) is 0 Å². The third-order valence-electron chi connectivity index (χ3n) is 6.59. The number of H-pyrrole nitrogens is 1. The van der Waals surface area contributed by atoms with Gasteiger partial charge in [0.2, 0.25) is 0 Å². The molecule has 0 unspecified atom stereocenters. The second-order valence-corrected chi connectivity index (χ2v) is 8.35. The Morgan fingerprint density at radius 3 is 3.14 bits per heavy atom. The number of aromatic amines is 1. The number of nitrogens with zero attached hydrogens (tertiary/aromatic N) is 6. The number of likely N-dealkylation sites (tertiary alicyclic amines) is 1. The molecule has 3 aromatic rings. The monoisotopic (exact) mass is 374 g/mol. The first-order chi connectivity index (χ1) is 13.6. The third-order valence-corrected chi connectivity index (χ3v) is 6.59. The van der Waals surface area contributed by atoms with Crippen molar-refractivity contribution in [1.82, 2.24) is 29.6 Å². The fourth-order valence-corrected chi connectivity index (χ4v) is 5.42. The molecule has 142 valence electrons. The minimum absolute atomic E-state index is 0.166. The molecule has 0 bridgehead atoms. The number of rotatable bonds is 4. The van der Waals surface area contributed by atoms with E-state index in [4.69, 9.17) is 5.41 Å². The zero-order valence-corrected chi connectivity index (χ0v) is 15.8. The van der Waals surface area contributed by atoms with Crippen molar-refractivity contribution < 1.29 is 0 Å². The Morgan fingerprint density at radius 1 is 1.46 bits per heavy atom. The van der Waals surface area contributed by atoms with Crippen LogP contribution < -0.4 is 0 Å². The van der Waals surface area contributed by atoms with Crippen molar-refractivity contribution in [2.45, 2.75) is 24.8 Å². The van der Waals surface area contributed by atoms with Crippen molar-refractivity contribution in [1.29, 1.82) is 10.7 Å². The van der Waals surface area contributed by atoms with Crippen molar-refractivity contribution >= 4 is 17.2 Å². The molecule has 0 amide bonds. The van der Waals surface area contributed by atoms with Crippen LogP contribution in [-0.4, -0.2) is 56.0 Å². The highest BCUT2D eigenvalue weighted by atomic mass is 15.3. The van der Waals surface area contributed by atoms with Gasteiger partial charge in [-0.25, -0.2) is 9.97 Å². The van der Waals surface area contributed by atoms with Gasteiger partial charge in [-0.15, -0.1) is 0 Å². The molecular weight excluding hydrogens is 352 g/mol. The summed E-state index contributed by atoms with van der Waals surface area (Å²) in [5, 5.41) is 23.3. The Kier molecular flexibility index (Phi) is 3.64. The Labute approximate surface area is 162 Å². The van der Waals surface area contributed by atoms with Gasteiger partial charge < -0.3 is 15.3 Å². The van der Waals surface area contributed by atoms with E-state index in [1.807, 2.05) is 29.3 Å². The molecule has 8 heteroatoms. The van der Waals surface area contributed by atoms with Crippen LogP contribution in [0.1, 0.15) is 19.3 Å². The molecule has 3 aromatic heterocycles. The highest BCUT2D eigenvalue weighted by Crippen LogP contribution is 2.55. The molecule has 1 aliphatic heterocycles. The molecule has 2 fully saturated rings. The van der Waals surface area contributed by atoms with E-state index in [0.29, 0.717) is 12.3 Å². The molecule has 8 nitrogen and oxygen atoms in total. The van der Waals surface area contributed by atoms with Gasteiger partial charge in [0.1, 0.15) is 12.0 Å². The fourth-order valence-electron chi connectivity index (χ4n) is 5.42. The Morgan fingerprint density at radius 2 is 2.36 bits per heavy atom. The van der Waals surface area contributed by atoms with Gasteiger partial charge in [0.05, 0.1) is 29.9 Å². The minimum Gasteiger partial charge on any atom is -0.346 e. The Bertz CT molecular complexity index is 1090. The third kappa shape index (κ3) is 2.33. The van der Waals surface area contributed by atoms with Crippen LogP contribution in [-0.2, 0) is 5.54 Å². The van der Waals surface area contributed by atoms with Gasteiger partial charge in [-0.05, 0) is 31.9 Å². The maximum atomic E-state index is 9.58. The predicted molar refractivity (Wildman–Crippen MR) is 105 cm³/mol. The van der Waals surface area contributed by atoms with Crippen molar-refractivity contribution in [2.24, 2.45) is 11.3 Å². The zero-order valence-electron chi connectivity index (χ0n) is 15.8. The van der Waals surface area contributed by atoms with Crippen LogP contribution in [0.2, 0.25) is 0 Å². The number of hydrogen-bond donors (Lipinski definition) is 2. The van der Waals surface area contributed by atoms with Crippen LogP contribution in [0.3, 0.4) is 0 Å². The molecular formula is C20H22N8. The smallest absolute Gasteiger partial charge is 0.141 e. The Hall–Kier alpha value is -3.05. The van der Waals surface area contributed by atoms with E-state index in [2.05, 4.69) is 38.1 Å². The number of hydrogen-bond acceptors (Lipinski definition) is 6.